The van der Waals surface area contributed by atoms with Gasteiger partial charge in [0.15, 0.2) is 0 Å². The zero-order valence-electron chi connectivity index (χ0n) is 7.44. The molecule has 13 heavy (non-hydrogen) atoms. The number of aliphatic hydroxyl groups is 1. The SMILES string of the molecule is O=CCCC(O)N[C@H]1CCSSC1. The average Bonchev–Trinajstić information content (AvgIpc) is 2.16. The minimum atomic E-state index is -0.515. The van der Waals surface area contributed by atoms with Crippen molar-refractivity contribution in [3.05, 3.63) is 0 Å². The predicted molar refractivity (Wildman–Crippen MR) is 57.8 cm³/mol. The van der Waals surface area contributed by atoms with Crippen LogP contribution in [0.1, 0.15) is 19.3 Å². The lowest BCUT2D eigenvalue weighted by Gasteiger charge is -2.24. The predicted octanol–water partition coefficient (Wildman–Crippen LogP) is 1.03. The lowest BCUT2D eigenvalue weighted by molar-refractivity contribution is -0.108. The minimum absolute atomic E-state index is 0.410. The van der Waals surface area contributed by atoms with Crippen LogP contribution in [0.3, 0.4) is 0 Å². The molecule has 5 heteroatoms. The first-order valence-corrected chi connectivity index (χ1v) is 6.94. The molecular formula is C8H15NO2S2. The van der Waals surface area contributed by atoms with Crippen LogP contribution >= 0.6 is 21.6 Å². The Morgan fingerprint density at radius 3 is 3.08 bits per heavy atom. The number of nitrogens with one attached hydrogen (secondary N) is 1. The van der Waals surface area contributed by atoms with E-state index in [1.54, 1.807) is 0 Å². The van der Waals surface area contributed by atoms with Crippen molar-refractivity contribution in [1.82, 2.24) is 5.32 Å². The summed E-state index contributed by atoms with van der Waals surface area (Å²) < 4.78 is 0. The summed E-state index contributed by atoms with van der Waals surface area (Å²) >= 11 is 0. The van der Waals surface area contributed by atoms with Gasteiger partial charge in [-0.25, -0.2) is 0 Å². The highest BCUT2D eigenvalue weighted by Gasteiger charge is 2.16. The minimum Gasteiger partial charge on any atom is -0.379 e. The molecule has 3 nitrogen and oxygen atoms in total. The summed E-state index contributed by atoms with van der Waals surface area (Å²) in [5.74, 6) is 2.19. The van der Waals surface area contributed by atoms with E-state index < -0.39 is 6.23 Å². The molecule has 0 aromatic carbocycles. The first-order chi connectivity index (χ1) is 6.33. The van der Waals surface area contributed by atoms with Crippen LogP contribution in [-0.4, -0.2) is 35.2 Å². The standard InChI is InChI=1S/C8H15NO2S2/c10-4-1-2-8(11)9-7-3-5-12-13-6-7/h4,7-9,11H,1-3,5-6H2/t7-,8?/m0/s1. The number of aliphatic hydroxyl groups excluding tert-OH is 1. The van der Waals surface area contributed by atoms with E-state index in [-0.39, 0.29) is 0 Å². The Bertz CT molecular complexity index is 151. The van der Waals surface area contributed by atoms with Crippen LogP contribution in [0.4, 0.5) is 0 Å². The van der Waals surface area contributed by atoms with Crippen LogP contribution in [0, 0.1) is 0 Å². The van der Waals surface area contributed by atoms with Crippen LogP contribution < -0.4 is 5.32 Å². The van der Waals surface area contributed by atoms with Crippen LogP contribution in [0.15, 0.2) is 0 Å². The summed E-state index contributed by atoms with van der Waals surface area (Å²) in [6, 6.07) is 0.410. The third-order valence-electron chi connectivity index (χ3n) is 1.89. The molecule has 0 spiro atoms. The molecule has 0 aliphatic carbocycles. The largest absolute Gasteiger partial charge is 0.379 e. The first kappa shape index (κ1) is 11.4. The molecule has 1 aliphatic rings. The molecule has 2 atom stereocenters. The second kappa shape index (κ2) is 6.70. The van der Waals surface area contributed by atoms with Crippen LogP contribution in [0.5, 0.6) is 0 Å². The van der Waals surface area contributed by atoms with E-state index in [0.717, 1.165) is 24.2 Å². The molecule has 76 valence electrons. The third kappa shape index (κ3) is 4.90. The van der Waals surface area contributed by atoms with E-state index in [9.17, 15) is 9.90 Å². The fourth-order valence-electron chi connectivity index (χ4n) is 1.18. The normalized spacial score (nSPS) is 25.5. The van der Waals surface area contributed by atoms with Gasteiger partial charge in [0.25, 0.3) is 0 Å². The lowest BCUT2D eigenvalue weighted by atomic mass is 10.2. The highest BCUT2D eigenvalue weighted by molar-refractivity contribution is 8.76. The molecule has 1 rings (SSSR count). The zero-order chi connectivity index (χ0) is 9.52. The number of aldehydes is 1. The topological polar surface area (TPSA) is 49.3 Å². The van der Waals surface area contributed by atoms with E-state index >= 15 is 0 Å². The fraction of sp³-hybridized carbons (Fsp3) is 0.875. The molecule has 0 aromatic rings. The van der Waals surface area contributed by atoms with Crippen molar-refractivity contribution in [2.45, 2.75) is 31.5 Å². The highest BCUT2D eigenvalue weighted by Crippen LogP contribution is 2.29. The van der Waals surface area contributed by atoms with Gasteiger partial charge in [0, 0.05) is 24.0 Å². The van der Waals surface area contributed by atoms with E-state index in [4.69, 9.17) is 0 Å². The Morgan fingerprint density at radius 1 is 1.62 bits per heavy atom. The molecule has 1 heterocycles. The molecule has 0 amide bonds. The van der Waals surface area contributed by atoms with Crippen molar-refractivity contribution in [3.8, 4) is 0 Å². The summed E-state index contributed by atoms with van der Waals surface area (Å²) in [5, 5.41) is 12.6. The van der Waals surface area contributed by atoms with E-state index in [1.807, 2.05) is 21.6 Å². The van der Waals surface area contributed by atoms with Crippen LogP contribution in [-0.2, 0) is 4.79 Å². The van der Waals surface area contributed by atoms with Gasteiger partial charge in [-0.2, -0.15) is 0 Å². The molecule has 1 fully saturated rings. The summed E-state index contributed by atoms with van der Waals surface area (Å²) in [7, 11) is 3.72. The number of carbonyl (C=O) groups is 1. The number of carbonyl (C=O) groups excluding carboxylic acids is 1. The number of hydrogen-bond donors (Lipinski definition) is 2. The summed E-state index contributed by atoms with van der Waals surface area (Å²) in [6.45, 7) is 0. The van der Waals surface area contributed by atoms with Gasteiger partial charge in [0.1, 0.15) is 12.5 Å². The van der Waals surface area contributed by atoms with Gasteiger partial charge >= 0.3 is 0 Å². The zero-order valence-corrected chi connectivity index (χ0v) is 9.07. The fourth-order valence-corrected chi connectivity index (χ4v) is 3.62. The Hall–Kier alpha value is 0.290. The Kier molecular flexibility index (Phi) is 5.86. The van der Waals surface area contributed by atoms with Crippen molar-refractivity contribution >= 4 is 27.9 Å². The van der Waals surface area contributed by atoms with Gasteiger partial charge in [0.05, 0.1) is 0 Å². The van der Waals surface area contributed by atoms with Gasteiger partial charge < -0.3 is 9.90 Å². The third-order valence-corrected chi connectivity index (χ3v) is 4.40. The Balaban J connectivity index is 2.10. The van der Waals surface area contributed by atoms with Gasteiger partial charge in [-0.05, 0) is 12.8 Å². The second-order valence-corrected chi connectivity index (χ2v) is 5.65. The molecular weight excluding hydrogens is 206 g/mol. The number of rotatable bonds is 5. The Morgan fingerprint density at radius 2 is 2.46 bits per heavy atom. The summed E-state index contributed by atoms with van der Waals surface area (Å²) in [6.07, 6.45) is 2.39. The molecule has 0 aromatic heterocycles. The lowest BCUT2D eigenvalue weighted by Crippen LogP contribution is -2.41. The van der Waals surface area contributed by atoms with Crippen LogP contribution in [0.25, 0.3) is 0 Å². The van der Waals surface area contributed by atoms with Gasteiger partial charge in [0.2, 0.25) is 0 Å². The molecule has 0 saturated carbocycles. The molecule has 1 saturated heterocycles. The summed E-state index contributed by atoms with van der Waals surface area (Å²) in [4.78, 5) is 10.1. The number of hydrogen-bond acceptors (Lipinski definition) is 5. The molecule has 0 bridgehead atoms. The summed E-state index contributed by atoms with van der Waals surface area (Å²) in [5.41, 5.74) is 0. The van der Waals surface area contributed by atoms with Crippen molar-refractivity contribution in [3.63, 3.8) is 0 Å². The van der Waals surface area contributed by atoms with Gasteiger partial charge in [-0.15, -0.1) is 0 Å². The Labute approximate surface area is 86.4 Å². The van der Waals surface area contributed by atoms with Crippen molar-refractivity contribution in [2.75, 3.05) is 11.5 Å². The van der Waals surface area contributed by atoms with E-state index in [0.29, 0.717) is 18.9 Å². The van der Waals surface area contributed by atoms with Crippen molar-refractivity contribution in [2.24, 2.45) is 0 Å². The molecule has 0 radical (unpaired) electrons. The quantitative estimate of drug-likeness (QED) is 0.412. The monoisotopic (exact) mass is 221 g/mol. The highest BCUT2D eigenvalue weighted by atomic mass is 33.1. The van der Waals surface area contributed by atoms with Gasteiger partial charge in [-0.1, -0.05) is 21.6 Å². The smallest absolute Gasteiger partial charge is 0.120 e. The van der Waals surface area contributed by atoms with Crippen molar-refractivity contribution < 1.29 is 9.90 Å². The first-order valence-electron chi connectivity index (χ1n) is 4.45. The molecule has 2 N–H and O–H groups in total. The molecule has 1 unspecified atom stereocenters. The average molecular weight is 221 g/mol. The maximum atomic E-state index is 10.1. The van der Waals surface area contributed by atoms with Crippen molar-refractivity contribution in [1.29, 1.82) is 0 Å². The van der Waals surface area contributed by atoms with E-state index in [1.165, 1.54) is 0 Å². The van der Waals surface area contributed by atoms with Crippen LogP contribution in [0.2, 0.25) is 0 Å². The van der Waals surface area contributed by atoms with Gasteiger partial charge in [-0.3, -0.25) is 5.32 Å². The second-order valence-electron chi connectivity index (χ2n) is 3.02. The maximum Gasteiger partial charge on any atom is 0.120 e. The van der Waals surface area contributed by atoms with E-state index in [2.05, 4.69) is 5.32 Å². The maximum absolute atomic E-state index is 10.1. The molecule has 1 aliphatic heterocycles.